The van der Waals surface area contributed by atoms with E-state index in [1.54, 1.807) is 31.2 Å². The molecule has 0 saturated heterocycles. The van der Waals surface area contributed by atoms with Gasteiger partial charge >= 0.3 is 0 Å². The van der Waals surface area contributed by atoms with E-state index in [1.807, 2.05) is 19.1 Å². The summed E-state index contributed by atoms with van der Waals surface area (Å²) in [5.41, 5.74) is 2.19. The summed E-state index contributed by atoms with van der Waals surface area (Å²) < 4.78 is 28.0. The molecule has 8 nitrogen and oxygen atoms in total. The summed E-state index contributed by atoms with van der Waals surface area (Å²) in [6, 6.07) is 11.5. The monoisotopic (exact) mass is 371 g/mol. The highest BCUT2D eigenvalue weighted by molar-refractivity contribution is 7.92. The molecular weight excluding hydrogens is 354 g/mol. The molecule has 0 atom stereocenters. The molecule has 0 bridgehead atoms. The summed E-state index contributed by atoms with van der Waals surface area (Å²) in [6.45, 7) is 3.58. The number of nitrogens with one attached hydrogen (secondary N) is 3. The Bertz CT molecular complexity index is 1030. The van der Waals surface area contributed by atoms with Crippen molar-refractivity contribution in [1.29, 1.82) is 0 Å². The number of anilines is 2. The molecule has 0 aliphatic carbocycles. The van der Waals surface area contributed by atoms with Crippen molar-refractivity contribution in [2.45, 2.75) is 18.7 Å². The molecule has 1 amide bonds. The predicted octanol–water partition coefficient (Wildman–Crippen LogP) is 2.47. The van der Waals surface area contributed by atoms with Crippen LogP contribution >= 0.6 is 0 Å². The maximum Gasteiger partial charge on any atom is 0.262 e. The molecule has 0 saturated carbocycles. The number of sulfonamides is 1. The van der Waals surface area contributed by atoms with E-state index >= 15 is 0 Å². The molecule has 3 aromatic rings. The van der Waals surface area contributed by atoms with Crippen LogP contribution in [0, 0.1) is 13.8 Å². The van der Waals surface area contributed by atoms with Gasteiger partial charge in [0, 0.05) is 11.3 Å². The van der Waals surface area contributed by atoms with E-state index in [0.29, 0.717) is 11.3 Å². The van der Waals surface area contributed by atoms with Crippen LogP contribution in [0.5, 0.6) is 0 Å². The van der Waals surface area contributed by atoms with Crippen molar-refractivity contribution in [2.24, 2.45) is 0 Å². The highest BCUT2D eigenvalue weighted by Gasteiger charge is 2.19. The number of H-pyrrole nitrogens is 1. The molecule has 0 aliphatic heterocycles. The van der Waals surface area contributed by atoms with Crippen molar-refractivity contribution < 1.29 is 13.2 Å². The molecule has 3 rings (SSSR count). The number of hydrogen-bond donors (Lipinski definition) is 3. The van der Waals surface area contributed by atoms with Gasteiger partial charge in [-0.15, -0.1) is 0 Å². The largest absolute Gasteiger partial charge is 0.291 e. The first-order valence-corrected chi connectivity index (χ1v) is 9.20. The average Bonchev–Trinajstić information content (AvgIpc) is 3.10. The minimum atomic E-state index is -3.84. The molecule has 3 N–H and O–H groups in total. The fraction of sp³-hybridized carbons (Fsp3) is 0.118. The van der Waals surface area contributed by atoms with Gasteiger partial charge in [-0.05, 0) is 43.7 Å². The smallest absolute Gasteiger partial charge is 0.262 e. The van der Waals surface area contributed by atoms with E-state index in [2.05, 4.69) is 25.2 Å². The molecular formula is C17H17N5O3S. The quantitative estimate of drug-likeness (QED) is 0.637. The van der Waals surface area contributed by atoms with Gasteiger partial charge in [0.2, 0.25) is 5.95 Å². The Labute approximate surface area is 150 Å². The second-order valence-electron chi connectivity index (χ2n) is 5.74. The molecule has 9 heteroatoms. The zero-order valence-corrected chi connectivity index (χ0v) is 15.0. The molecule has 2 aromatic carbocycles. The fourth-order valence-electron chi connectivity index (χ4n) is 2.31. The number of aryl methyl sites for hydroxylation is 2. The van der Waals surface area contributed by atoms with E-state index in [9.17, 15) is 13.2 Å². The van der Waals surface area contributed by atoms with E-state index < -0.39 is 15.9 Å². The zero-order chi connectivity index (χ0) is 18.7. The number of aromatic amines is 1. The predicted molar refractivity (Wildman–Crippen MR) is 97.5 cm³/mol. The number of aromatic nitrogens is 3. The lowest BCUT2D eigenvalue weighted by Gasteiger charge is -2.12. The number of carbonyl (C=O) groups is 1. The van der Waals surface area contributed by atoms with Gasteiger partial charge in [0.25, 0.3) is 15.9 Å². The Kier molecular flexibility index (Phi) is 4.72. The van der Waals surface area contributed by atoms with Crippen molar-refractivity contribution in [3.63, 3.8) is 0 Å². The molecule has 0 fully saturated rings. The maximum atomic E-state index is 12.7. The van der Waals surface area contributed by atoms with Gasteiger partial charge in [0.15, 0.2) is 0 Å². The van der Waals surface area contributed by atoms with E-state index in [4.69, 9.17) is 0 Å². The van der Waals surface area contributed by atoms with E-state index in [-0.39, 0.29) is 16.4 Å². The number of amides is 1. The average molecular weight is 371 g/mol. The van der Waals surface area contributed by atoms with Crippen molar-refractivity contribution in [3.05, 3.63) is 65.5 Å². The number of benzene rings is 2. The Hall–Kier alpha value is -3.20. The first-order valence-electron chi connectivity index (χ1n) is 7.72. The van der Waals surface area contributed by atoms with E-state index in [1.165, 1.54) is 12.4 Å². The van der Waals surface area contributed by atoms with Crippen molar-refractivity contribution in [2.75, 3.05) is 10.0 Å². The topological polar surface area (TPSA) is 117 Å². The number of nitrogens with zero attached hydrogens (tertiary/aromatic N) is 2. The minimum Gasteiger partial charge on any atom is -0.291 e. The third-order valence-electron chi connectivity index (χ3n) is 3.69. The summed E-state index contributed by atoms with van der Waals surface area (Å²) >= 11 is 0. The number of carbonyl (C=O) groups excluding carboxylic acids is 1. The molecule has 0 spiro atoms. The maximum absolute atomic E-state index is 12.7. The fourth-order valence-corrected chi connectivity index (χ4v) is 3.64. The summed E-state index contributed by atoms with van der Waals surface area (Å²) in [5, 5.41) is 8.65. The van der Waals surface area contributed by atoms with Gasteiger partial charge < -0.3 is 0 Å². The Balaban J connectivity index is 1.88. The van der Waals surface area contributed by atoms with Crippen molar-refractivity contribution in [1.82, 2.24) is 15.2 Å². The second-order valence-corrected chi connectivity index (χ2v) is 7.39. The summed E-state index contributed by atoms with van der Waals surface area (Å²) in [6.07, 6.45) is 1.26. The van der Waals surface area contributed by atoms with Crippen LogP contribution in [0.1, 0.15) is 21.5 Å². The SMILES string of the molecule is Cc1ccc(NS(=O)(=O)c2cc(C(=O)Nc3ncn[nH]3)ccc2C)cc1. The number of hydrogen-bond acceptors (Lipinski definition) is 5. The third kappa shape index (κ3) is 3.89. The molecule has 0 aliphatic rings. The van der Waals surface area contributed by atoms with Crippen LogP contribution in [0.3, 0.4) is 0 Å². The van der Waals surface area contributed by atoms with E-state index in [0.717, 1.165) is 5.56 Å². The Morgan fingerprint density at radius 3 is 2.46 bits per heavy atom. The minimum absolute atomic E-state index is 0.0308. The second kappa shape index (κ2) is 6.96. The van der Waals surface area contributed by atoms with Crippen LogP contribution < -0.4 is 10.0 Å². The molecule has 134 valence electrons. The van der Waals surface area contributed by atoms with Gasteiger partial charge in [0.05, 0.1) is 4.90 Å². The third-order valence-corrected chi connectivity index (χ3v) is 5.21. The van der Waals surface area contributed by atoms with Crippen LogP contribution in [-0.4, -0.2) is 29.5 Å². The molecule has 1 aromatic heterocycles. The number of rotatable bonds is 5. The van der Waals surface area contributed by atoms with Gasteiger partial charge in [-0.25, -0.2) is 13.5 Å². The Morgan fingerprint density at radius 2 is 1.81 bits per heavy atom. The lowest BCUT2D eigenvalue weighted by molar-refractivity contribution is 0.102. The summed E-state index contributed by atoms with van der Waals surface area (Å²) in [4.78, 5) is 16.1. The van der Waals surface area contributed by atoms with Crippen LogP contribution in [0.25, 0.3) is 0 Å². The molecule has 0 unspecified atom stereocenters. The van der Waals surface area contributed by atoms with Gasteiger partial charge in [-0.3, -0.25) is 14.8 Å². The van der Waals surface area contributed by atoms with Crippen LogP contribution in [-0.2, 0) is 10.0 Å². The van der Waals surface area contributed by atoms with Crippen LogP contribution in [0.4, 0.5) is 11.6 Å². The highest BCUT2D eigenvalue weighted by Crippen LogP contribution is 2.21. The standard InChI is InChI=1S/C17H17N5O3S/c1-11-3-7-14(8-4-11)22-26(24,25)15-9-13(6-5-12(15)2)16(23)20-17-18-10-19-21-17/h3-10,22H,1-2H3,(H2,18,19,20,21,23). The van der Waals surface area contributed by atoms with Crippen molar-refractivity contribution >= 4 is 27.6 Å². The molecule has 1 heterocycles. The van der Waals surface area contributed by atoms with Gasteiger partial charge in [-0.2, -0.15) is 10.1 Å². The Morgan fingerprint density at radius 1 is 1.08 bits per heavy atom. The first kappa shape index (κ1) is 17.6. The lowest BCUT2D eigenvalue weighted by atomic mass is 10.1. The van der Waals surface area contributed by atoms with Crippen LogP contribution in [0.2, 0.25) is 0 Å². The van der Waals surface area contributed by atoms with Crippen LogP contribution in [0.15, 0.2) is 53.7 Å². The van der Waals surface area contributed by atoms with Gasteiger partial charge in [0.1, 0.15) is 6.33 Å². The van der Waals surface area contributed by atoms with Gasteiger partial charge in [-0.1, -0.05) is 23.8 Å². The zero-order valence-electron chi connectivity index (χ0n) is 14.1. The highest BCUT2D eigenvalue weighted by atomic mass is 32.2. The molecule has 0 radical (unpaired) electrons. The first-order chi connectivity index (χ1) is 12.3. The summed E-state index contributed by atoms with van der Waals surface area (Å²) in [7, 11) is -3.84. The summed E-state index contributed by atoms with van der Waals surface area (Å²) in [5.74, 6) is -0.314. The lowest BCUT2D eigenvalue weighted by Crippen LogP contribution is -2.17. The normalized spacial score (nSPS) is 11.2. The van der Waals surface area contributed by atoms with Crippen molar-refractivity contribution in [3.8, 4) is 0 Å². The molecule has 26 heavy (non-hydrogen) atoms.